The molecule has 0 atom stereocenters. The summed E-state index contributed by atoms with van der Waals surface area (Å²) in [5.41, 5.74) is 2.24. The van der Waals surface area contributed by atoms with Gasteiger partial charge >= 0.3 is 0 Å². The second-order valence-electron chi connectivity index (χ2n) is 5.43. The molecule has 0 aliphatic heterocycles. The van der Waals surface area contributed by atoms with Gasteiger partial charge in [0.05, 0.1) is 16.8 Å². The van der Waals surface area contributed by atoms with Gasteiger partial charge in [-0.1, -0.05) is 24.3 Å². The quantitative estimate of drug-likeness (QED) is 0.744. The number of hydrogen-bond donors (Lipinski definition) is 1. The average Bonchev–Trinajstić information content (AvgIpc) is 2.98. The molecule has 24 heavy (non-hydrogen) atoms. The predicted molar refractivity (Wildman–Crippen MR) is 92.3 cm³/mol. The smallest absolute Gasteiger partial charge is 0.246 e. The molecule has 0 spiro atoms. The number of ether oxygens (including phenoxy) is 1. The number of carbonyl (C=O) groups excluding carboxylic acids is 1. The van der Waals surface area contributed by atoms with Crippen LogP contribution in [0.1, 0.15) is 16.1 Å². The van der Waals surface area contributed by atoms with E-state index in [9.17, 15) is 9.18 Å². The van der Waals surface area contributed by atoms with Gasteiger partial charge in [0.1, 0.15) is 17.4 Å². The fourth-order valence-corrected chi connectivity index (χ4v) is 3.12. The van der Waals surface area contributed by atoms with Crippen LogP contribution in [-0.4, -0.2) is 17.5 Å². The topological polar surface area (TPSA) is 51.2 Å². The van der Waals surface area contributed by atoms with Crippen LogP contribution in [0.2, 0.25) is 0 Å². The zero-order chi connectivity index (χ0) is 16.9. The lowest BCUT2D eigenvalue weighted by Gasteiger charge is -2.06. The normalized spacial score (nSPS) is 10.9. The minimum atomic E-state index is -0.270. The van der Waals surface area contributed by atoms with Gasteiger partial charge in [-0.2, -0.15) is 0 Å². The Kier molecular flexibility index (Phi) is 5.17. The minimum Gasteiger partial charge on any atom is -0.364 e. The van der Waals surface area contributed by atoms with E-state index in [-0.39, 0.29) is 24.9 Å². The van der Waals surface area contributed by atoms with E-state index in [4.69, 9.17) is 4.74 Å². The van der Waals surface area contributed by atoms with Gasteiger partial charge in [0, 0.05) is 6.54 Å². The summed E-state index contributed by atoms with van der Waals surface area (Å²) < 4.78 is 19.9. The van der Waals surface area contributed by atoms with Crippen molar-refractivity contribution in [2.75, 3.05) is 6.61 Å². The number of aromatic nitrogens is 1. The van der Waals surface area contributed by atoms with E-state index in [1.54, 1.807) is 30.4 Å². The van der Waals surface area contributed by atoms with Gasteiger partial charge in [0.25, 0.3) is 0 Å². The van der Waals surface area contributed by atoms with Crippen molar-refractivity contribution in [2.45, 2.75) is 20.1 Å². The number of amides is 1. The first kappa shape index (κ1) is 16.5. The third kappa shape index (κ3) is 4.15. The molecule has 0 aliphatic rings. The third-order valence-corrected chi connectivity index (χ3v) is 4.53. The number of rotatable bonds is 6. The number of halogens is 1. The molecule has 0 radical (unpaired) electrons. The number of aryl methyl sites for hydroxylation is 1. The van der Waals surface area contributed by atoms with E-state index in [2.05, 4.69) is 10.3 Å². The van der Waals surface area contributed by atoms with E-state index in [0.29, 0.717) is 12.2 Å². The molecule has 124 valence electrons. The summed E-state index contributed by atoms with van der Waals surface area (Å²) in [6.45, 7) is 2.23. The third-order valence-electron chi connectivity index (χ3n) is 3.52. The van der Waals surface area contributed by atoms with Crippen LogP contribution in [0, 0.1) is 12.7 Å². The van der Waals surface area contributed by atoms with Gasteiger partial charge in [0.15, 0.2) is 0 Å². The summed E-state index contributed by atoms with van der Waals surface area (Å²) >= 11 is 1.55. The van der Waals surface area contributed by atoms with Crippen LogP contribution in [0.25, 0.3) is 10.2 Å². The molecule has 1 heterocycles. The predicted octanol–water partition coefficient (Wildman–Crippen LogP) is 3.58. The van der Waals surface area contributed by atoms with Crippen LogP contribution >= 0.6 is 11.3 Å². The number of nitrogens with zero attached hydrogens (tertiary/aromatic N) is 1. The Hall–Kier alpha value is -2.31. The molecule has 3 aromatic rings. The standard InChI is InChI=1S/C18H17FN2O2S/c1-12-6-7-13(8-14(12)19)9-20-17(22)10-23-11-18-21-15-4-2-3-5-16(15)24-18/h2-8H,9-11H2,1H3,(H,20,22). The van der Waals surface area contributed by atoms with Crippen molar-refractivity contribution in [3.63, 3.8) is 0 Å². The molecule has 1 N–H and O–H groups in total. The first-order chi connectivity index (χ1) is 11.6. The van der Waals surface area contributed by atoms with E-state index in [1.807, 2.05) is 24.3 Å². The van der Waals surface area contributed by atoms with Crippen LogP contribution in [-0.2, 0) is 22.7 Å². The second kappa shape index (κ2) is 7.51. The molecule has 1 amide bonds. The van der Waals surface area contributed by atoms with Gasteiger partial charge in [-0.05, 0) is 36.2 Å². The molecule has 0 fully saturated rings. The summed E-state index contributed by atoms with van der Waals surface area (Å²) in [4.78, 5) is 16.2. The maximum absolute atomic E-state index is 13.4. The Morgan fingerprint density at radius 3 is 2.92 bits per heavy atom. The average molecular weight is 344 g/mol. The number of para-hydroxylation sites is 1. The van der Waals surface area contributed by atoms with Crippen molar-refractivity contribution in [3.8, 4) is 0 Å². The summed E-state index contributed by atoms with van der Waals surface area (Å²) in [5.74, 6) is -0.508. The van der Waals surface area contributed by atoms with Gasteiger partial charge in [-0.3, -0.25) is 4.79 Å². The molecule has 4 nitrogen and oxygen atoms in total. The van der Waals surface area contributed by atoms with E-state index >= 15 is 0 Å². The fourth-order valence-electron chi connectivity index (χ4n) is 2.21. The molecule has 0 bridgehead atoms. The zero-order valence-electron chi connectivity index (χ0n) is 13.2. The Morgan fingerprint density at radius 2 is 2.12 bits per heavy atom. The first-order valence-electron chi connectivity index (χ1n) is 7.56. The van der Waals surface area contributed by atoms with Crippen LogP contribution in [0.3, 0.4) is 0 Å². The maximum atomic E-state index is 13.4. The van der Waals surface area contributed by atoms with Crippen LogP contribution in [0.15, 0.2) is 42.5 Å². The summed E-state index contributed by atoms with van der Waals surface area (Å²) in [6, 6.07) is 12.8. The van der Waals surface area contributed by atoms with E-state index < -0.39 is 0 Å². The molecule has 0 unspecified atom stereocenters. The Balaban J connectivity index is 1.44. The van der Waals surface area contributed by atoms with E-state index in [0.717, 1.165) is 20.8 Å². The molecule has 0 saturated carbocycles. The lowest BCUT2D eigenvalue weighted by molar-refractivity contribution is -0.126. The summed E-state index contributed by atoms with van der Waals surface area (Å²) in [7, 11) is 0. The number of benzene rings is 2. The molecule has 0 aliphatic carbocycles. The monoisotopic (exact) mass is 344 g/mol. The summed E-state index contributed by atoms with van der Waals surface area (Å²) in [5, 5.41) is 3.55. The largest absolute Gasteiger partial charge is 0.364 e. The van der Waals surface area contributed by atoms with Crippen molar-refractivity contribution < 1.29 is 13.9 Å². The minimum absolute atomic E-state index is 0.0513. The molecular formula is C18H17FN2O2S. The number of thiazole rings is 1. The van der Waals surface area contributed by atoms with Crippen LogP contribution in [0.5, 0.6) is 0 Å². The van der Waals surface area contributed by atoms with Gasteiger partial charge in [-0.15, -0.1) is 11.3 Å². The number of carbonyl (C=O) groups is 1. The van der Waals surface area contributed by atoms with Gasteiger partial charge in [-0.25, -0.2) is 9.37 Å². The van der Waals surface area contributed by atoms with Crippen LogP contribution < -0.4 is 5.32 Å². The highest BCUT2D eigenvalue weighted by Gasteiger charge is 2.06. The molecule has 3 rings (SSSR count). The molecule has 0 saturated heterocycles. The Labute approximate surface area is 143 Å². The van der Waals surface area contributed by atoms with Crippen molar-refractivity contribution in [2.24, 2.45) is 0 Å². The fraction of sp³-hybridized carbons (Fsp3) is 0.222. The van der Waals surface area contributed by atoms with Crippen molar-refractivity contribution in [1.82, 2.24) is 10.3 Å². The first-order valence-corrected chi connectivity index (χ1v) is 8.37. The Morgan fingerprint density at radius 1 is 1.29 bits per heavy atom. The Bertz CT molecular complexity index is 830. The van der Waals surface area contributed by atoms with Crippen molar-refractivity contribution in [3.05, 3.63) is 64.4 Å². The van der Waals surface area contributed by atoms with Gasteiger partial charge < -0.3 is 10.1 Å². The lowest BCUT2D eigenvalue weighted by Crippen LogP contribution is -2.27. The molecular weight excluding hydrogens is 327 g/mol. The van der Waals surface area contributed by atoms with Crippen molar-refractivity contribution in [1.29, 1.82) is 0 Å². The van der Waals surface area contributed by atoms with Crippen LogP contribution in [0.4, 0.5) is 4.39 Å². The summed E-state index contributed by atoms with van der Waals surface area (Å²) in [6.07, 6.45) is 0. The number of nitrogens with one attached hydrogen (secondary N) is 1. The SMILES string of the molecule is Cc1ccc(CNC(=O)COCc2nc3ccccc3s2)cc1F. The van der Waals surface area contributed by atoms with Crippen molar-refractivity contribution >= 4 is 27.5 Å². The zero-order valence-corrected chi connectivity index (χ0v) is 14.0. The molecule has 6 heteroatoms. The lowest BCUT2D eigenvalue weighted by atomic mass is 10.1. The highest BCUT2D eigenvalue weighted by molar-refractivity contribution is 7.18. The van der Waals surface area contributed by atoms with Gasteiger partial charge in [0.2, 0.25) is 5.91 Å². The van der Waals surface area contributed by atoms with E-state index in [1.165, 1.54) is 6.07 Å². The molecule has 1 aromatic heterocycles. The highest BCUT2D eigenvalue weighted by Crippen LogP contribution is 2.21. The molecule has 2 aromatic carbocycles. The maximum Gasteiger partial charge on any atom is 0.246 e. The number of fused-ring (bicyclic) bond motifs is 1. The number of hydrogen-bond acceptors (Lipinski definition) is 4. The second-order valence-corrected chi connectivity index (χ2v) is 6.54. The highest BCUT2D eigenvalue weighted by atomic mass is 32.1.